The molecule has 0 heterocycles. The summed E-state index contributed by atoms with van der Waals surface area (Å²) in [5.41, 5.74) is 1.34. The Morgan fingerprint density at radius 1 is 1.35 bits per heavy atom. The second-order valence-corrected chi connectivity index (χ2v) is 4.52. The van der Waals surface area contributed by atoms with Gasteiger partial charge in [-0.1, -0.05) is 12.1 Å². The molecule has 1 N–H and O–H groups in total. The average Bonchev–Trinajstić information content (AvgIpc) is 3.27. The molecular formula is C15H14N2O3. The highest BCUT2D eigenvalue weighted by molar-refractivity contribution is 5.89. The number of benzene rings is 1. The van der Waals surface area contributed by atoms with Crippen molar-refractivity contribution in [2.75, 3.05) is 6.61 Å². The van der Waals surface area contributed by atoms with Gasteiger partial charge in [-0.2, -0.15) is 5.26 Å². The maximum absolute atomic E-state index is 11.4. The molecule has 5 nitrogen and oxygen atoms in total. The molecule has 5 heteroatoms. The first-order valence-corrected chi connectivity index (χ1v) is 6.32. The van der Waals surface area contributed by atoms with Gasteiger partial charge in [-0.05, 0) is 36.6 Å². The summed E-state index contributed by atoms with van der Waals surface area (Å²) in [6.45, 7) is -0.257. The van der Waals surface area contributed by atoms with Crippen molar-refractivity contribution in [2.24, 2.45) is 0 Å². The average molecular weight is 270 g/mol. The summed E-state index contributed by atoms with van der Waals surface area (Å²) in [7, 11) is 0. The molecule has 0 aliphatic heterocycles. The van der Waals surface area contributed by atoms with E-state index in [1.165, 1.54) is 6.08 Å². The Bertz CT molecular complexity index is 566. The highest BCUT2D eigenvalue weighted by atomic mass is 16.5. The first-order chi connectivity index (χ1) is 9.67. The fourth-order valence-electron chi connectivity index (χ4n) is 1.51. The van der Waals surface area contributed by atoms with Gasteiger partial charge in [-0.25, -0.2) is 4.79 Å². The van der Waals surface area contributed by atoms with Crippen LogP contribution in [0, 0.1) is 11.3 Å². The van der Waals surface area contributed by atoms with Crippen LogP contribution in [-0.2, 0) is 14.3 Å². The van der Waals surface area contributed by atoms with Crippen LogP contribution in [-0.4, -0.2) is 24.5 Å². The summed E-state index contributed by atoms with van der Waals surface area (Å²) >= 11 is 0. The maximum Gasteiger partial charge on any atom is 0.331 e. The lowest BCUT2D eigenvalue weighted by molar-refractivity contribution is -0.143. The first-order valence-electron chi connectivity index (χ1n) is 6.32. The lowest BCUT2D eigenvalue weighted by Crippen LogP contribution is -2.30. The van der Waals surface area contributed by atoms with E-state index in [0.717, 1.165) is 18.4 Å². The summed E-state index contributed by atoms with van der Waals surface area (Å²) in [6.07, 6.45) is 4.82. The maximum atomic E-state index is 11.4. The number of nitriles is 1. The Balaban J connectivity index is 1.76. The molecule has 0 atom stereocenters. The van der Waals surface area contributed by atoms with Crippen molar-refractivity contribution in [3.63, 3.8) is 0 Å². The highest BCUT2D eigenvalue weighted by Crippen LogP contribution is 2.18. The second kappa shape index (κ2) is 6.53. The molecule has 0 unspecified atom stereocenters. The van der Waals surface area contributed by atoms with Gasteiger partial charge in [-0.3, -0.25) is 4.79 Å². The predicted octanol–water partition coefficient (Wildman–Crippen LogP) is 1.39. The van der Waals surface area contributed by atoms with Gasteiger partial charge in [0.25, 0.3) is 5.91 Å². The molecule has 0 saturated heterocycles. The van der Waals surface area contributed by atoms with Gasteiger partial charge in [0.1, 0.15) is 0 Å². The SMILES string of the molecule is N#Cc1ccc(/C=C/C(=O)OCC(=O)NC2CC2)cc1. The van der Waals surface area contributed by atoms with Crippen molar-refractivity contribution in [1.82, 2.24) is 5.32 Å². The van der Waals surface area contributed by atoms with Crippen molar-refractivity contribution in [2.45, 2.75) is 18.9 Å². The van der Waals surface area contributed by atoms with E-state index in [1.54, 1.807) is 30.3 Å². The van der Waals surface area contributed by atoms with Crippen molar-refractivity contribution in [3.05, 3.63) is 41.5 Å². The number of rotatable bonds is 5. The van der Waals surface area contributed by atoms with Crippen LogP contribution >= 0.6 is 0 Å². The fourth-order valence-corrected chi connectivity index (χ4v) is 1.51. The summed E-state index contributed by atoms with van der Waals surface area (Å²) in [6, 6.07) is 9.04. The molecule has 20 heavy (non-hydrogen) atoms. The van der Waals surface area contributed by atoms with E-state index in [1.807, 2.05) is 6.07 Å². The number of nitrogens with one attached hydrogen (secondary N) is 1. The van der Waals surface area contributed by atoms with Gasteiger partial charge >= 0.3 is 5.97 Å². The van der Waals surface area contributed by atoms with E-state index < -0.39 is 5.97 Å². The van der Waals surface area contributed by atoms with Crippen LogP contribution in [0.25, 0.3) is 6.08 Å². The minimum atomic E-state index is -0.569. The summed E-state index contributed by atoms with van der Waals surface area (Å²) in [5, 5.41) is 11.4. The van der Waals surface area contributed by atoms with Gasteiger partial charge in [0.05, 0.1) is 11.6 Å². The van der Waals surface area contributed by atoms with Crippen molar-refractivity contribution in [3.8, 4) is 6.07 Å². The summed E-state index contributed by atoms with van der Waals surface area (Å²) < 4.78 is 4.81. The Morgan fingerprint density at radius 2 is 2.05 bits per heavy atom. The van der Waals surface area contributed by atoms with Gasteiger partial charge in [0, 0.05) is 12.1 Å². The molecule has 102 valence electrons. The lowest BCUT2D eigenvalue weighted by Gasteiger charge is -2.02. The molecule has 1 fully saturated rings. The quantitative estimate of drug-likeness (QED) is 0.647. The lowest BCUT2D eigenvalue weighted by atomic mass is 10.1. The summed E-state index contributed by atoms with van der Waals surface area (Å²) in [5.74, 6) is -0.840. The van der Waals surface area contributed by atoms with Crippen LogP contribution in [0.5, 0.6) is 0 Å². The Hall–Kier alpha value is -2.61. The van der Waals surface area contributed by atoms with E-state index in [9.17, 15) is 9.59 Å². The van der Waals surface area contributed by atoms with Crippen LogP contribution in [0.15, 0.2) is 30.3 Å². The van der Waals surface area contributed by atoms with Crippen LogP contribution in [0.3, 0.4) is 0 Å². The van der Waals surface area contributed by atoms with Gasteiger partial charge in [-0.15, -0.1) is 0 Å². The molecule has 1 aromatic rings. The zero-order chi connectivity index (χ0) is 14.4. The van der Waals surface area contributed by atoms with E-state index in [-0.39, 0.29) is 18.6 Å². The third-order valence-corrected chi connectivity index (χ3v) is 2.74. The van der Waals surface area contributed by atoms with Crippen LogP contribution in [0.2, 0.25) is 0 Å². The minimum Gasteiger partial charge on any atom is -0.452 e. The first kappa shape index (κ1) is 13.8. The third kappa shape index (κ3) is 4.58. The van der Waals surface area contributed by atoms with Crippen LogP contribution in [0.1, 0.15) is 24.0 Å². The number of carbonyl (C=O) groups excluding carboxylic acids is 2. The number of esters is 1. The fraction of sp³-hybridized carbons (Fsp3) is 0.267. The molecule has 0 radical (unpaired) electrons. The zero-order valence-corrected chi connectivity index (χ0v) is 10.8. The molecule has 1 amide bonds. The van der Waals surface area contributed by atoms with Gasteiger partial charge in [0.15, 0.2) is 6.61 Å². The van der Waals surface area contributed by atoms with Crippen LogP contribution < -0.4 is 5.32 Å². The number of ether oxygens (including phenoxy) is 1. The Morgan fingerprint density at radius 3 is 2.65 bits per heavy atom. The normalized spacial score (nSPS) is 13.8. The largest absolute Gasteiger partial charge is 0.452 e. The second-order valence-electron chi connectivity index (χ2n) is 4.52. The molecule has 1 saturated carbocycles. The number of hydrogen-bond acceptors (Lipinski definition) is 4. The summed E-state index contributed by atoms with van der Waals surface area (Å²) in [4.78, 5) is 22.7. The molecule has 0 spiro atoms. The number of amides is 1. The molecule has 1 aromatic carbocycles. The predicted molar refractivity (Wildman–Crippen MR) is 72.3 cm³/mol. The van der Waals surface area contributed by atoms with E-state index >= 15 is 0 Å². The standard InChI is InChI=1S/C15H14N2O3/c16-9-12-3-1-11(2-4-12)5-8-15(19)20-10-14(18)17-13-6-7-13/h1-5,8,13H,6-7,10H2,(H,17,18)/b8-5+. The monoisotopic (exact) mass is 270 g/mol. The number of nitrogens with zero attached hydrogens (tertiary/aromatic N) is 1. The van der Waals surface area contributed by atoms with Crippen molar-refractivity contribution in [1.29, 1.82) is 5.26 Å². The molecule has 0 bridgehead atoms. The van der Waals surface area contributed by atoms with Gasteiger partial charge in [0.2, 0.25) is 0 Å². The highest BCUT2D eigenvalue weighted by Gasteiger charge is 2.23. The zero-order valence-electron chi connectivity index (χ0n) is 10.8. The molecule has 2 rings (SSSR count). The topological polar surface area (TPSA) is 79.2 Å². The minimum absolute atomic E-state index is 0.257. The van der Waals surface area contributed by atoms with Crippen molar-refractivity contribution < 1.29 is 14.3 Å². The molecule has 1 aliphatic rings. The Kier molecular flexibility index (Phi) is 4.51. The van der Waals surface area contributed by atoms with E-state index in [4.69, 9.17) is 10.00 Å². The smallest absolute Gasteiger partial charge is 0.331 e. The number of carbonyl (C=O) groups is 2. The van der Waals surface area contributed by atoms with Gasteiger partial charge < -0.3 is 10.1 Å². The molecule has 1 aliphatic carbocycles. The van der Waals surface area contributed by atoms with Crippen molar-refractivity contribution >= 4 is 18.0 Å². The van der Waals surface area contributed by atoms with Crippen LogP contribution in [0.4, 0.5) is 0 Å². The number of hydrogen-bond donors (Lipinski definition) is 1. The van der Waals surface area contributed by atoms with E-state index in [0.29, 0.717) is 5.56 Å². The Labute approximate surface area is 116 Å². The van der Waals surface area contributed by atoms with E-state index in [2.05, 4.69) is 5.32 Å². The molecule has 0 aromatic heterocycles. The third-order valence-electron chi connectivity index (χ3n) is 2.74. The molecular weight excluding hydrogens is 256 g/mol.